The Labute approximate surface area is 162 Å². The Kier molecular flexibility index (Phi) is 5.32. The van der Waals surface area contributed by atoms with Gasteiger partial charge in [0.2, 0.25) is 0 Å². The molecule has 4 rings (SSSR count). The topological polar surface area (TPSA) is 71.8 Å². The molecule has 0 saturated heterocycles. The zero-order chi connectivity index (χ0) is 19.3. The van der Waals surface area contributed by atoms with Gasteiger partial charge < -0.3 is 10.6 Å². The van der Waals surface area contributed by atoms with Crippen LogP contribution in [0.25, 0.3) is 11.4 Å². The van der Waals surface area contributed by atoms with Crippen LogP contribution in [0.3, 0.4) is 0 Å². The lowest BCUT2D eigenvalue weighted by Gasteiger charge is -2.13. The number of amides is 2. The Morgan fingerprint density at radius 1 is 1.14 bits per heavy atom. The highest BCUT2D eigenvalue weighted by atomic mass is 19.1. The molecule has 2 amide bonds. The molecule has 1 saturated carbocycles. The lowest BCUT2D eigenvalue weighted by molar-refractivity contribution is 0.251. The molecule has 0 spiro atoms. The van der Waals surface area contributed by atoms with Crippen LogP contribution in [0.4, 0.5) is 14.9 Å². The Bertz CT molecular complexity index is 933. The van der Waals surface area contributed by atoms with Crippen molar-refractivity contribution >= 4 is 11.7 Å². The number of benzene rings is 1. The van der Waals surface area contributed by atoms with Crippen molar-refractivity contribution in [1.82, 2.24) is 20.1 Å². The average Bonchev–Trinajstić information content (AvgIpc) is 3.38. The number of urea groups is 1. The minimum Gasteiger partial charge on any atom is -0.332 e. The van der Waals surface area contributed by atoms with Crippen molar-refractivity contribution in [3.05, 3.63) is 66.2 Å². The number of nitrogens with one attached hydrogen (secondary N) is 2. The number of nitrogens with zero attached hydrogens (tertiary/aromatic N) is 3. The molecule has 0 atom stereocenters. The van der Waals surface area contributed by atoms with E-state index < -0.39 is 0 Å². The molecule has 1 aliphatic carbocycles. The number of aromatic nitrogens is 3. The van der Waals surface area contributed by atoms with Gasteiger partial charge in [-0.05, 0) is 55.3 Å². The SMILES string of the molecule is O=C(NCc1cc(-c2ccccn2)n(C2CCCC2)n1)Nc1ccc(F)cc1. The second-order valence-electron chi connectivity index (χ2n) is 6.93. The predicted molar refractivity (Wildman–Crippen MR) is 105 cm³/mol. The monoisotopic (exact) mass is 379 g/mol. The summed E-state index contributed by atoms with van der Waals surface area (Å²) >= 11 is 0. The highest BCUT2D eigenvalue weighted by molar-refractivity contribution is 5.89. The summed E-state index contributed by atoms with van der Waals surface area (Å²) in [5.41, 5.74) is 3.17. The minimum absolute atomic E-state index is 0.298. The van der Waals surface area contributed by atoms with Gasteiger partial charge in [0, 0.05) is 11.9 Å². The van der Waals surface area contributed by atoms with E-state index in [4.69, 9.17) is 5.10 Å². The van der Waals surface area contributed by atoms with Gasteiger partial charge in [-0.1, -0.05) is 18.9 Å². The molecule has 0 radical (unpaired) electrons. The summed E-state index contributed by atoms with van der Waals surface area (Å²) in [5, 5.41) is 10.2. The van der Waals surface area contributed by atoms with E-state index in [9.17, 15) is 9.18 Å². The zero-order valence-electron chi connectivity index (χ0n) is 15.4. The number of carbonyl (C=O) groups excluding carboxylic acids is 1. The van der Waals surface area contributed by atoms with Gasteiger partial charge in [0.15, 0.2) is 0 Å². The second kappa shape index (κ2) is 8.21. The molecule has 7 heteroatoms. The van der Waals surface area contributed by atoms with Gasteiger partial charge in [-0.15, -0.1) is 0 Å². The Morgan fingerprint density at radius 2 is 1.93 bits per heavy atom. The Balaban J connectivity index is 1.47. The minimum atomic E-state index is -0.360. The number of hydrogen-bond donors (Lipinski definition) is 2. The van der Waals surface area contributed by atoms with Crippen LogP contribution in [0.5, 0.6) is 0 Å². The third-order valence-electron chi connectivity index (χ3n) is 4.92. The molecule has 6 nitrogen and oxygen atoms in total. The molecule has 0 unspecified atom stereocenters. The van der Waals surface area contributed by atoms with Gasteiger partial charge >= 0.3 is 6.03 Å². The lowest BCUT2D eigenvalue weighted by Crippen LogP contribution is -2.28. The standard InChI is InChI=1S/C21H22FN5O/c22-15-8-10-16(11-9-15)25-21(28)24-14-17-13-20(19-7-3-4-12-23-19)27(26-17)18-5-1-2-6-18/h3-4,7-13,18H,1-2,5-6,14H2,(H2,24,25,28). The first-order chi connectivity index (χ1) is 13.7. The highest BCUT2D eigenvalue weighted by Gasteiger charge is 2.22. The summed E-state index contributed by atoms with van der Waals surface area (Å²) < 4.78 is 15.0. The first-order valence-electron chi connectivity index (χ1n) is 9.49. The highest BCUT2D eigenvalue weighted by Crippen LogP contribution is 2.33. The van der Waals surface area contributed by atoms with E-state index >= 15 is 0 Å². The van der Waals surface area contributed by atoms with Crippen molar-refractivity contribution in [3.8, 4) is 11.4 Å². The van der Waals surface area contributed by atoms with Crippen LogP contribution in [-0.2, 0) is 6.54 Å². The van der Waals surface area contributed by atoms with Gasteiger partial charge in [0.05, 0.1) is 29.7 Å². The molecule has 2 N–H and O–H groups in total. The van der Waals surface area contributed by atoms with E-state index in [0.29, 0.717) is 18.3 Å². The maximum absolute atomic E-state index is 13.0. The second-order valence-corrected chi connectivity index (χ2v) is 6.93. The number of carbonyl (C=O) groups is 1. The third kappa shape index (κ3) is 4.19. The van der Waals surface area contributed by atoms with Crippen molar-refractivity contribution in [2.24, 2.45) is 0 Å². The molecule has 0 aliphatic heterocycles. The summed E-state index contributed by atoms with van der Waals surface area (Å²) in [7, 11) is 0. The van der Waals surface area contributed by atoms with Crippen LogP contribution < -0.4 is 10.6 Å². The third-order valence-corrected chi connectivity index (χ3v) is 4.92. The maximum Gasteiger partial charge on any atom is 0.319 e. The van der Waals surface area contributed by atoms with E-state index in [2.05, 4.69) is 20.3 Å². The number of pyridine rings is 1. The molecule has 2 aromatic heterocycles. The van der Waals surface area contributed by atoms with Gasteiger partial charge in [-0.3, -0.25) is 9.67 Å². The van der Waals surface area contributed by atoms with Crippen LogP contribution >= 0.6 is 0 Å². The fourth-order valence-corrected chi connectivity index (χ4v) is 3.54. The summed E-state index contributed by atoms with van der Waals surface area (Å²) in [6, 6.07) is 13.5. The van der Waals surface area contributed by atoms with Gasteiger partial charge in [-0.25, -0.2) is 9.18 Å². The first kappa shape index (κ1) is 18.2. The molecule has 2 heterocycles. The number of halogens is 1. The Hall–Kier alpha value is -3.22. The van der Waals surface area contributed by atoms with E-state index in [1.807, 2.05) is 24.3 Å². The summed E-state index contributed by atoms with van der Waals surface area (Å²) in [5.74, 6) is -0.342. The van der Waals surface area contributed by atoms with E-state index in [0.717, 1.165) is 29.9 Å². The summed E-state index contributed by atoms with van der Waals surface area (Å²) in [6.07, 6.45) is 6.41. The maximum atomic E-state index is 13.0. The summed E-state index contributed by atoms with van der Waals surface area (Å²) in [4.78, 5) is 16.6. The summed E-state index contributed by atoms with van der Waals surface area (Å²) in [6.45, 7) is 0.298. The Morgan fingerprint density at radius 3 is 2.64 bits per heavy atom. The molecule has 1 aliphatic rings. The molecular weight excluding hydrogens is 357 g/mol. The van der Waals surface area contributed by atoms with Crippen LogP contribution in [0.1, 0.15) is 37.4 Å². The average molecular weight is 379 g/mol. The smallest absolute Gasteiger partial charge is 0.319 e. The van der Waals surface area contributed by atoms with E-state index in [-0.39, 0.29) is 11.8 Å². The lowest BCUT2D eigenvalue weighted by atomic mass is 10.2. The number of rotatable bonds is 5. The predicted octanol–water partition coefficient (Wildman–Crippen LogP) is 4.52. The molecule has 144 valence electrons. The molecular formula is C21H22FN5O. The van der Waals surface area contributed by atoms with Crippen molar-refractivity contribution in [2.45, 2.75) is 38.3 Å². The quantitative estimate of drug-likeness (QED) is 0.685. The molecule has 28 heavy (non-hydrogen) atoms. The van der Waals surface area contributed by atoms with Crippen LogP contribution in [0.2, 0.25) is 0 Å². The fraction of sp³-hybridized carbons (Fsp3) is 0.286. The molecule has 1 aromatic carbocycles. The van der Waals surface area contributed by atoms with Crippen molar-refractivity contribution < 1.29 is 9.18 Å². The largest absolute Gasteiger partial charge is 0.332 e. The normalized spacial score (nSPS) is 14.2. The van der Waals surface area contributed by atoms with Gasteiger partial charge in [0.25, 0.3) is 0 Å². The molecule has 3 aromatic rings. The van der Waals surface area contributed by atoms with Crippen molar-refractivity contribution in [1.29, 1.82) is 0 Å². The fourth-order valence-electron chi connectivity index (χ4n) is 3.54. The van der Waals surface area contributed by atoms with E-state index in [1.54, 1.807) is 6.20 Å². The molecule has 0 bridgehead atoms. The van der Waals surface area contributed by atoms with Gasteiger partial charge in [-0.2, -0.15) is 5.10 Å². The zero-order valence-corrected chi connectivity index (χ0v) is 15.4. The molecule has 1 fully saturated rings. The van der Waals surface area contributed by atoms with Crippen LogP contribution in [0, 0.1) is 5.82 Å². The van der Waals surface area contributed by atoms with Crippen molar-refractivity contribution in [3.63, 3.8) is 0 Å². The van der Waals surface area contributed by atoms with Crippen molar-refractivity contribution in [2.75, 3.05) is 5.32 Å². The van der Waals surface area contributed by atoms with Gasteiger partial charge in [0.1, 0.15) is 5.82 Å². The first-order valence-corrected chi connectivity index (χ1v) is 9.49. The number of anilines is 1. The number of hydrogen-bond acceptors (Lipinski definition) is 3. The van der Waals surface area contributed by atoms with Crippen LogP contribution in [-0.4, -0.2) is 20.8 Å². The van der Waals surface area contributed by atoms with Crippen LogP contribution in [0.15, 0.2) is 54.7 Å². The van der Waals surface area contributed by atoms with E-state index in [1.165, 1.54) is 37.1 Å².